The maximum Gasteiger partial charge on any atom is 0.419 e. The molecule has 0 aliphatic rings. The number of aryl methyl sites for hydroxylation is 1. The van der Waals surface area contributed by atoms with Crippen molar-refractivity contribution in [2.75, 3.05) is 7.05 Å². The van der Waals surface area contributed by atoms with Gasteiger partial charge in [0.15, 0.2) is 0 Å². The van der Waals surface area contributed by atoms with Gasteiger partial charge in [0.25, 0.3) is 0 Å². The first-order chi connectivity index (χ1) is 9.84. The lowest BCUT2D eigenvalue weighted by atomic mass is 9.95. The highest BCUT2D eigenvalue weighted by atomic mass is 19.4. The van der Waals surface area contributed by atoms with Crippen molar-refractivity contribution in [2.24, 2.45) is 0 Å². The Morgan fingerprint density at radius 2 is 1.62 bits per heavy atom. The van der Waals surface area contributed by atoms with Crippen LogP contribution in [0.5, 0.6) is 0 Å². The summed E-state index contributed by atoms with van der Waals surface area (Å²) in [5.74, 6) is -1.23. The van der Waals surface area contributed by atoms with E-state index in [-0.39, 0.29) is 5.56 Å². The number of rotatable bonds is 3. The molecular formula is C16H15F4N. The molecule has 0 fully saturated rings. The van der Waals surface area contributed by atoms with E-state index in [1.54, 1.807) is 19.2 Å². The summed E-state index contributed by atoms with van der Waals surface area (Å²) < 4.78 is 52.6. The zero-order valence-electron chi connectivity index (χ0n) is 11.6. The summed E-state index contributed by atoms with van der Waals surface area (Å²) in [6, 6.07) is 9.93. The number of alkyl halides is 3. The predicted octanol–water partition coefficient (Wildman–Crippen LogP) is 4.46. The van der Waals surface area contributed by atoms with Crippen LogP contribution in [0.25, 0.3) is 0 Å². The van der Waals surface area contributed by atoms with Crippen LogP contribution >= 0.6 is 0 Å². The second-order valence-electron chi connectivity index (χ2n) is 4.84. The Hall–Kier alpha value is -1.88. The Bertz CT molecular complexity index is 617. The van der Waals surface area contributed by atoms with Crippen LogP contribution in [0.15, 0.2) is 42.5 Å². The highest BCUT2D eigenvalue weighted by Gasteiger charge is 2.35. The van der Waals surface area contributed by atoms with E-state index in [0.717, 1.165) is 11.6 Å². The first-order valence-electron chi connectivity index (χ1n) is 6.44. The minimum atomic E-state index is -4.70. The lowest BCUT2D eigenvalue weighted by Crippen LogP contribution is -2.21. The molecule has 0 aliphatic heterocycles. The molecule has 0 saturated heterocycles. The molecule has 1 atom stereocenters. The van der Waals surface area contributed by atoms with Gasteiger partial charge in [0.2, 0.25) is 0 Å². The summed E-state index contributed by atoms with van der Waals surface area (Å²) in [4.78, 5) is 0. The van der Waals surface area contributed by atoms with Crippen molar-refractivity contribution in [1.29, 1.82) is 0 Å². The molecule has 1 nitrogen and oxygen atoms in total. The third kappa shape index (κ3) is 3.24. The smallest absolute Gasteiger partial charge is 0.309 e. The van der Waals surface area contributed by atoms with Gasteiger partial charge in [-0.1, -0.05) is 42.0 Å². The van der Waals surface area contributed by atoms with Crippen LogP contribution in [-0.4, -0.2) is 7.05 Å². The van der Waals surface area contributed by atoms with E-state index in [1.807, 2.05) is 19.1 Å². The van der Waals surface area contributed by atoms with Crippen molar-refractivity contribution < 1.29 is 17.6 Å². The van der Waals surface area contributed by atoms with Crippen LogP contribution in [0, 0.1) is 12.7 Å². The van der Waals surface area contributed by atoms with Gasteiger partial charge in [-0.15, -0.1) is 0 Å². The molecule has 1 unspecified atom stereocenters. The Morgan fingerprint density at radius 3 is 2.14 bits per heavy atom. The zero-order valence-corrected chi connectivity index (χ0v) is 11.6. The van der Waals surface area contributed by atoms with Gasteiger partial charge in [0, 0.05) is 5.56 Å². The van der Waals surface area contributed by atoms with Gasteiger partial charge >= 0.3 is 6.18 Å². The minimum Gasteiger partial charge on any atom is -0.309 e. The van der Waals surface area contributed by atoms with Crippen molar-refractivity contribution in [3.05, 3.63) is 70.5 Å². The first kappa shape index (κ1) is 15.5. The van der Waals surface area contributed by atoms with Crippen LogP contribution in [0.1, 0.15) is 28.3 Å². The molecular weight excluding hydrogens is 282 g/mol. The van der Waals surface area contributed by atoms with Crippen molar-refractivity contribution in [2.45, 2.75) is 19.1 Å². The lowest BCUT2D eigenvalue weighted by Gasteiger charge is -2.20. The number of halogens is 4. The van der Waals surface area contributed by atoms with Crippen molar-refractivity contribution in [3.63, 3.8) is 0 Å². The lowest BCUT2D eigenvalue weighted by molar-refractivity contribution is -0.140. The average molecular weight is 297 g/mol. The van der Waals surface area contributed by atoms with Crippen LogP contribution in [0.3, 0.4) is 0 Å². The number of hydrogen-bond donors (Lipinski definition) is 1. The normalized spacial score (nSPS) is 13.2. The van der Waals surface area contributed by atoms with E-state index in [9.17, 15) is 17.6 Å². The van der Waals surface area contributed by atoms with Gasteiger partial charge in [-0.25, -0.2) is 4.39 Å². The maximum atomic E-state index is 14.2. The summed E-state index contributed by atoms with van der Waals surface area (Å²) in [7, 11) is 1.59. The molecule has 2 aromatic rings. The van der Waals surface area contributed by atoms with E-state index in [2.05, 4.69) is 5.32 Å². The van der Waals surface area contributed by atoms with E-state index in [1.165, 1.54) is 12.1 Å². The Labute approximate surface area is 120 Å². The first-order valence-corrected chi connectivity index (χ1v) is 6.44. The molecule has 0 bridgehead atoms. The maximum absolute atomic E-state index is 14.2. The molecule has 2 rings (SSSR count). The summed E-state index contributed by atoms with van der Waals surface area (Å²) >= 11 is 0. The molecule has 0 saturated carbocycles. The molecule has 0 radical (unpaired) electrons. The SMILES string of the molecule is CNC(c1ccc(C)cc1)c1cccc(C(F)(F)F)c1F. The molecule has 0 amide bonds. The summed E-state index contributed by atoms with van der Waals surface area (Å²) in [5, 5.41) is 2.87. The number of hydrogen-bond acceptors (Lipinski definition) is 1. The number of nitrogens with one attached hydrogen (secondary N) is 1. The van der Waals surface area contributed by atoms with E-state index in [4.69, 9.17) is 0 Å². The molecule has 0 aromatic heterocycles. The third-order valence-electron chi connectivity index (χ3n) is 3.34. The second-order valence-corrected chi connectivity index (χ2v) is 4.84. The van der Waals surface area contributed by atoms with Crippen molar-refractivity contribution in [3.8, 4) is 0 Å². The van der Waals surface area contributed by atoms with Crippen LogP contribution in [0.2, 0.25) is 0 Å². The highest BCUT2D eigenvalue weighted by Crippen LogP contribution is 2.35. The third-order valence-corrected chi connectivity index (χ3v) is 3.34. The minimum absolute atomic E-state index is 0.0174. The van der Waals surface area contributed by atoms with Crippen molar-refractivity contribution >= 4 is 0 Å². The van der Waals surface area contributed by atoms with Gasteiger partial charge in [0.05, 0.1) is 11.6 Å². The largest absolute Gasteiger partial charge is 0.419 e. The van der Waals surface area contributed by atoms with E-state index >= 15 is 0 Å². The molecule has 2 aromatic carbocycles. The zero-order chi connectivity index (χ0) is 15.6. The Balaban J connectivity index is 2.51. The molecule has 0 heterocycles. The highest BCUT2D eigenvalue weighted by molar-refractivity contribution is 5.37. The quantitative estimate of drug-likeness (QED) is 0.825. The second kappa shape index (κ2) is 5.85. The van der Waals surface area contributed by atoms with Crippen LogP contribution in [0.4, 0.5) is 17.6 Å². The van der Waals surface area contributed by atoms with Gasteiger partial charge in [-0.2, -0.15) is 13.2 Å². The average Bonchev–Trinajstić information content (AvgIpc) is 2.42. The molecule has 0 aliphatic carbocycles. The topological polar surface area (TPSA) is 12.0 Å². The molecule has 5 heteroatoms. The Kier molecular flexibility index (Phi) is 4.32. The number of benzene rings is 2. The van der Waals surface area contributed by atoms with Crippen LogP contribution in [-0.2, 0) is 6.18 Å². The molecule has 0 spiro atoms. The van der Waals surface area contributed by atoms with Gasteiger partial charge in [-0.05, 0) is 25.6 Å². The summed E-state index contributed by atoms with van der Waals surface area (Å²) in [5.41, 5.74) is 0.475. The van der Waals surface area contributed by atoms with Gasteiger partial charge in [-0.3, -0.25) is 0 Å². The van der Waals surface area contributed by atoms with Gasteiger partial charge < -0.3 is 5.32 Å². The molecule has 112 valence electrons. The monoisotopic (exact) mass is 297 g/mol. The van der Waals surface area contributed by atoms with E-state index in [0.29, 0.717) is 5.56 Å². The standard InChI is InChI=1S/C16H15F4N/c1-10-6-8-11(9-7-10)15(21-2)12-4-3-5-13(14(12)17)16(18,19)20/h3-9,15,21H,1-2H3. The Morgan fingerprint density at radius 1 is 1.00 bits per heavy atom. The molecule has 1 N–H and O–H groups in total. The van der Waals surface area contributed by atoms with Crippen molar-refractivity contribution in [1.82, 2.24) is 5.32 Å². The van der Waals surface area contributed by atoms with Crippen LogP contribution < -0.4 is 5.32 Å². The van der Waals surface area contributed by atoms with E-state index < -0.39 is 23.6 Å². The fourth-order valence-electron chi connectivity index (χ4n) is 2.25. The summed E-state index contributed by atoms with van der Waals surface area (Å²) in [6.45, 7) is 1.91. The predicted molar refractivity (Wildman–Crippen MR) is 73.5 cm³/mol. The molecule has 21 heavy (non-hydrogen) atoms. The fourth-order valence-corrected chi connectivity index (χ4v) is 2.25. The summed E-state index contributed by atoms with van der Waals surface area (Å²) in [6.07, 6.45) is -4.70. The van der Waals surface area contributed by atoms with Gasteiger partial charge in [0.1, 0.15) is 5.82 Å². The fraction of sp³-hybridized carbons (Fsp3) is 0.250.